The molecule has 0 aromatic heterocycles. The van der Waals surface area contributed by atoms with E-state index in [2.05, 4.69) is 10.5 Å². The number of rotatable bonds is 5. The SMILES string of the molecule is O=[N+]([O-])c1cccc(NN=CCO)c1[N+](=O)[O-]. The molecule has 0 unspecified atom stereocenters. The molecule has 17 heavy (non-hydrogen) atoms. The molecule has 0 radical (unpaired) electrons. The first-order valence-electron chi connectivity index (χ1n) is 4.38. The van der Waals surface area contributed by atoms with Gasteiger partial charge in [0.25, 0.3) is 0 Å². The second-order valence-corrected chi connectivity index (χ2v) is 2.79. The van der Waals surface area contributed by atoms with Crippen molar-refractivity contribution in [3.63, 3.8) is 0 Å². The van der Waals surface area contributed by atoms with Crippen LogP contribution in [-0.4, -0.2) is 27.8 Å². The lowest BCUT2D eigenvalue weighted by Gasteiger charge is -2.01. The van der Waals surface area contributed by atoms with E-state index in [-0.39, 0.29) is 12.3 Å². The first kappa shape index (κ1) is 12.5. The lowest BCUT2D eigenvalue weighted by Crippen LogP contribution is -2.01. The lowest BCUT2D eigenvalue weighted by molar-refractivity contribution is -0.421. The van der Waals surface area contributed by atoms with Crippen molar-refractivity contribution < 1.29 is 15.0 Å². The average molecular weight is 240 g/mol. The second-order valence-electron chi connectivity index (χ2n) is 2.79. The number of aliphatic hydroxyl groups is 1. The summed E-state index contributed by atoms with van der Waals surface area (Å²) in [7, 11) is 0. The van der Waals surface area contributed by atoms with Crippen LogP contribution in [0.15, 0.2) is 23.3 Å². The molecular weight excluding hydrogens is 232 g/mol. The summed E-state index contributed by atoms with van der Waals surface area (Å²) in [5.41, 5.74) is 0.838. The normalized spacial score (nSPS) is 10.4. The average Bonchev–Trinajstić information content (AvgIpc) is 2.28. The third-order valence-corrected chi connectivity index (χ3v) is 1.75. The molecule has 0 fully saturated rings. The molecule has 0 aliphatic carbocycles. The third kappa shape index (κ3) is 2.95. The Labute approximate surface area is 94.7 Å². The Morgan fingerprint density at radius 3 is 2.59 bits per heavy atom. The molecule has 1 aromatic carbocycles. The quantitative estimate of drug-likeness (QED) is 0.446. The van der Waals surface area contributed by atoms with Gasteiger partial charge in [0.05, 0.1) is 22.7 Å². The van der Waals surface area contributed by atoms with E-state index in [1.807, 2.05) is 0 Å². The first-order chi connectivity index (χ1) is 8.07. The Hall–Kier alpha value is -2.55. The van der Waals surface area contributed by atoms with Crippen molar-refractivity contribution in [2.75, 3.05) is 12.0 Å². The van der Waals surface area contributed by atoms with Gasteiger partial charge < -0.3 is 5.11 Å². The summed E-state index contributed by atoms with van der Waals surface area (Å²) in [5, 5.41) is 33.2. The number of hydrogen-bond donors (Lipinski definition) is 2. The van der Waals surface area contributed by atoms with E-state index in [4.69, 9.17) is 5.11 Å². The number of aliphatic hydroxyl groups excluding tert-OH is 1. The number of para-hydroxylation sites is 1. The van der Waals surface area contributed by atoms with Gasteiger partial charge in [-0.2, -0.15) is 5.10 Å². The highest BCUT2D eigenvalue weighted by Gasteiger charge is 2.27. The van der Waals surface area contributed by atoms with Crippen molar-refractivity contribution in [3.8, 4) is 0 Å². The van der Waals surface area contributed by atoms with Crippen LogP contribution in [-0.2, 0) is 0 Å². The van der Waals surface area contributed by atoms with Crippen molar-refractivity contribution in [2.24, 2.45) is 5.10 Å². The molecule has 0 aliphatic heterocycles. The standard InChI is InChI=1S/C8H8N4O5/c13-5-4-9-10-6-2-1-3-7(11(14)15)8(6)12(16)17/h1-4,10,13H,5H2. The van der Waals surface area contributed by atoms with Crippen LogP contribution in [0.25, 0.3) is 0 Å². The number of nitro benzene ring substituents is 2. The van der Waals surface area contributed by atoms with Crippen LogP contribution in [0.5, 0.6) is 0 Å². The van der Waals surface area contributed by atoms with Crippen molar-refractivity contribution in [1.82, 2.24) is 0 Å². The highest BCUT2D eigenvalue weighted by atomic mass is 16.6. The maximum absolute atomic E-state index is 10.7. The van der Waals surface area contributed by atoms with Crippen LogP contribution < -0.4 is 5.43 Å². The predicted molar refractivity (Wildman–Crippen MR) is 59.0 cm³/mol. The number of hydrazone groups is 1. The fourth-order valence-electron chi connectivity index (χ4n) is 1.12. The number of nitrogens with zero attached hydrogens (tertiary/aromatic N) is 3. The topological polar surface area (TPSA) is 131 Å². The van der Waals surface area contributed by atoms with Gasteiger partial charge in [-0.3, -0.25) is 25.7 Å². The molecule has 1 aromatic rings. The largest absolute Gasteiger partial charge is 0.391 e. The first-order valence-corrected chi connectivity index (χ1v) is 4.38. The monoisotopic (exact) mass is 240 g/mol. The predicted octanol–water partition coefficient (Wildman–Crippen LogP) is 0.893. The zero-order valence-corrected chi connectivity index (χ0v) is 8.44. The van der Waals surface area contributed by atoms with Crippen LogP contribution in [0.2, 0.25) is 0 Å². The Morgan fingerprint density at radius 2 is 2.06 bits per heavy atom. The summed E-state index contributed by atoms with van der Waals surface area (Å²) in [5.74, 6) is 0. The number of anilines is 1. The molecule has 0 aliphatic rings. The summed E-state index contributed by atoms with van der Waals surface area (Å²) >= 11 is 0. The summed E-state index contributed by atoms with van der Waals surface area (Å²) in [6.45, 7) is -0.351. The zero-order valence-electron chi connectivity index (χ0n) is 8.44. The van der Waals surface area contributed by atoms with E-state index in [1.54, 1.807) is 0 Å². The number of benzene rings is 1. The molecule has 0 bridgehead atoms. The molecule has 90 valence electrons. The van der Waals surface area contributed by atoms with E-state index < -0.39 is 21.2 Å². The molecular formula is C8H8N4O5. The minimum Gasteiger partial charge on any atom is -0.391 e. The van der Waals surface area contributed by atoms with Gasteiger partial charge in [-0.05, 0) is 6.07 Å². The molecule has 0 heterocycles. The Morgan fingerprint density at radius 1 is 1.35 bits per heavy atom. The Balaban J connectivity index is 3.20. The third-order valence-electron chi connectivity index (χ3n) is 1.75. The maximum Gasteiger partial charge on any atom is 0.370 e. The minimum atomic E-state index is -0.866. The summed E-state index contributed by atoms with van der Waals surface area (Å²) < 4.78 is 0. The molecule has 1 rings (SSSR count). The molecule has 2 N–H and O–H groups in total. The Kier molecular flexibility index (Phi) is 4.06. The second kappa shape index (κ2) is 5.51. The van der Waals surface area contributed by atoms with Crippen molar-refractivity contribution >= 4 is 23.3 Å². The summed E-state index contributed by atoms with van der Waals surface area (Å²) in [4.78, 5) is 19.6. The molecule has 0 saturated heterocycles. The van der Waals surface area contributed by atoms with Gasteiger partial charge >= 0.3 is 11.4 Å². The highest BCUT2D eigenvalue weighted by molar-refractivity contribution is 5.72. The number of nitro groups is 2. The van der Waals surface area contributed by atoms with Crippen LogP contribution >= 0.6 is 0 Å². The van der Waals surface area contributed by atoms with Gasteiger partial charge in [-0.15, -0.1) is 0 Å². The highest BCUT2D eigenvalue weighted by Crippen LogP contribution is 2.34. The van der Waals surface area contributed by atoms with E-state index in [1.165, 1.54) is 12.1 Å². The lowest BCUT2D eigenvalue weighted by atomic mass is 10.2. The molecule has 0 spiro atoms. The molecule has 0 saturated carbocycles. The van der Waals surface area contributed by atoms with Crippen LogP contribution in [0, 0.1) is 20.2 Å². The van der Waals surface area contributed by atoms with Gasteiger partial charge in [0, 0.05) is 6.07 Å². The summed E-state index contributed by atoms with van der Waals surface area (Å²) in [6.07, 6.45) is 1.06. The maximum atomic E-state index is 10.7. The fraction of sp³-hybridized carbons (Fsp3) is 0.125. The molecule has 0 atom stereocenters. The minimum absolute atomic E-state index is 0.117. The van der Waals surface area contributed by atoms with Gasteiger partial charge in [-0.25, -0.2) is 0 Å². The van der Waals surface area contributed by atoms with Gasteiger partial charge in [0.15, 0.2) is 0 Å². The Bertz CT molecular complexity index is 473. The van der Waals surface area contributed by atoms with Gasteiger partial charge in [0.2, 0.25) is 0 Å². The molecule has 9 nitrogen and oxygen atoms in total. The van der Waals surface area contributed by atoms with E-state index in [0.717, 1.165) is 12.3 Å². The van der Waals surface area contributed by atoms with E-state index in [0.29, 0.717) is 0 Å². The van der Waals surface area contributed by atoms with Crippen molar-refractivity contribution in [3.05, 3.63) is 38.4 Å². The van der Waals surface area contributed by atoms with Crippen molar-refractivity contribution in [2.45, 2.75) is 0 Å². The van der Waals surface area contributed by atoms with Crippen LogP contribution in [0.3, 0.4) is 0 Å². The fourth-order valence-corrected chi connectivity index (χ4v) is 1.12. The van der Waals surface area contributed by atoms with Crippen LogP contribution in [0.4, 0.5) is 17.1 Å². The van der Waals surface area contributed by atoms with Crippen LogP contribution in [0.1, 0.15) is 0 Å². The summed E-state index contributed by atoms with van der Waals surface area (Å²) in [6, 6.07) is 3.60. The molecule has 9 heteroatoms. The van der Waals surface area contributed by atoms with E-state index in [9.17, 15) is 20.2 Å². The van der Waals surface area contributed by atoms with Gasteiger partial charge in [0.1, 0.15) is 5.69 Å². The molecule has 0 amide bonds. The number of hydrogen-bond acceptors (Lipinski definition) is 7. The van der Waals surface area contributed by atoms with Crippen molar-refractivity contribution in [1.29, 1.82) is 0 Å². The zero-order chi connectivity index (χ0) is 12.8. The van der Waals surface area contributed by atoms with Gasteiger partial charge in [-0.1, -0.05) is 6.07 Å². The number of nitrogens with one attached hydrogen (secondary N) is 1. The smallest absolute Gasteiger partial charge is 0.370 e. The van der Waals surface area contributed by atoms with E-state index >= 15 is 0 Å².